The van der Waals surface area contributed by atoms with Crippen LogP contribution in [0.4, 0.5) is 5.69 Å². The number of rotatable bonds is 3. The molecule has 5 heteroatoms. The summed E-state index contributed by atoms with van der Waals surface area (Å²) in [4.78, 5) is 4.48. The Hall–Kier alpha value is 0.0923. The first-order valence-electron chi connectivity index (χ1n) is 5.76. The average molecular weight is 381 g/mol. The maximum atomic E-state index is 5.42. The van der Waals surface area contributed by atoms with Gasteiger partial charge in [-0.15, -0.1) is 0 Å². The molecule has 0 N–H and O–H groups in total. The van der Waals surface area contributed by atoms with Crippen molar-refractivity contribution in [1.29, 1.82) is 0 Å². The van der Waals surface area contributed by atoms with Crippen LogP contribution in [-0.4, -0.2) is 19.4 Å². The van der Waals surface area contributed by atoms with E-state index in [1.54, 1.807) is 7.11 Å². The average Bonchev–Trinajstić information content (AvgIpc) is 2.86. The van der Waals surface area contributed by atoms with Crippen LogP contribution in [0.3, 0.4) is 0 Å². The number of aliphatic imine (C=N–C) groups is 1. The summed E-state index contributed by atoms with van der Waals surface area (Å²) in [7, 11) is 11.4. The van der Waals surface area contributed by atoms with Gasteiger partial charge in [0.25, 0.3) is 0 Å². The molecule has 0 spiro atoms. The van der Waals surface area contributed by atoms with Gasteiger partial charge in [-0.1, -0.05) is 24.6 Å². The molecule has 0 amide bonds. The first kappa shape index (κ1) is 16.1. The van der Waals surface area contributed by atoms with Crippen molar-refractivity contribution in [3.8, 4) is 0 Å². The summed E-state index contributed by atoms with van der Waals surface area (Å²) < 4.78 is 5.42. The van der Waals surface area contributed by atoms with Crippen molar-refractivity contribution in [1.82, 2.24) is 0 Å². The van der Waals surface area contributed by atoms with Crippen LogP contribution in [0.2, 0.25) is 0 Å². The van der Waals surface area contributed by atoms with Crippen molar-refractivity contribution in [2.24, 2.45) is 10.9 Å². The quantitative estimate of drug-likeness (QED) is 0.555. The van der Waals surface area contributed by atoms with Crippen LogP contribution in [-0.2, 0) is 20.7 Å². The zero-order valence-corrected chi connectivity index (χ0v) is 13.2. The predicted molar refractivity (Wildman–Crippen MR) is 74.4 cm³/mol. The first-order valence-corrected chi connectivity index (χ1v) is 9.76. The number of ether oxygens (including phenoxy) is 1. The fourth-order valence-electron chi connectivity index (χ4n) is 2.11. The second kappa shape index (κ2) is 9.95. The van der Waals surface area contributed by atoms with Crippen LogP contribution in [0, 0.1) is 5.92 Å². The molecule has 2 atom stereocenters. The molecule has 1 aromatic carbocycles. The monoisotopic (exact) mass is 379 g/mol. The second-order valence-electron chi connectivity index (χ2n) is 4.03. The Morgan fingerprint density at radius 3 is 2.56 bits per heavy atom. The number of hydrogen-bond donors (Lipinski definition) is 0. The maximum absolute atomic E-state index is 5.42. The summed E-state index contributed by atoms with van der Waals surface area (Å²) in [6, 6.07) is 10.1. The molecule has 1 fully saturated rings. The predicted octanol–water partition coefficient (Wildman–Crippen LogP) is 4.58. The van der Waals surface area contributed by atoms with E-state index in [9.17, 15) is 0 Å². The van der Waals surface area contributed by atoms with E-state index in [2.05, 4.69) is 11.2 Å². The van der Waals surface area contributed by atoms with Gasteiger partial charge in [-0.25, -0.2) is 0 Å². The molecule has 18 heavy (non-hydrogen) atoms. The van der Waals surface area contributed by atoms with Gasteiger partial charge in [0.1, 0.15) is 0 Å². The fourth-order valence-corrected chi connectivity index (χ4v) is 2.11. The molecule has 0 bridgehead atoms. The van der Waals surface area contributed by atoms with Crippen molar-refractivity contribution >= 4 is 31.0 Å². The zero-order valence-electron chi connectivity index (χ0n) is 10.2. The molecule has 2 nitrogen and oxygen atoms in total. The topological polar surface area (TPSA) is 21.6 Å². The summed E-state index contributed by atoms with van der Waals surface area (Å²) in [5, 5.41) is 0. The van der Waals surface area contributed by atoms with Crippen LogP contribution in [0.25, 0.3) is 0 Å². The number of nitrogens with zero attached hydrogens (tertiary/aromatic N) is 1. The number of methoxy groups -OCH3 is 1. The van der Waals surface area contributed by atoms with E-state index in [1.165, 1.54) is 19.3 Å². The molecule has 0 saturated heterocycles. The Balaban J connectivity index is 0.000000492. The van der Waals surface area contributed by atoms with Gasteiger partial charge in [-0.05, 0) is 25.0 Å². The zero-order chi connectivity index (χ0) is 13.2. The third kappa shape index (κ3) is 5.82. The summed E-state index contributed by atoms with van der Waals surface area (Å²) in [5.74, 6) is 0.496. The standard InChI is InChI=1S/C13H17NO.2ClH.Pd/c1-15-13-9-5-6-11(13)10-14-12-7-3-2-4-8-12;;;/h2-4,7-8,10-11,13H,5-6,9H2,1H3;2*1H;/q;;;+2/p-2. The van der Waals surface area contributed by atoms with Gasteiger partial charge >= 0.3 is 35.0 Å². The number of hydrogen-bond acceptors (Lipinski definition) is 2. The SMILES string of the molecule is COC1CCCC1C=Nc1ccccc1.[Cl][Pd][Cl]. The van der Waals surface area contributed by atoms with Crippen molar-refractivity contribution in [3.05, 3.63) is 30.3 Å². The summed E-state index contributed by atoms with van der Waals surface area (Å²) in [5.41, 5.74) is 1.03. The van der Waals surface area contributed by atoms with E-state index in [4.69, 9.17) is 23.8 Å². The minimum absolute atomic E-state index is 0.106. The molecule has 0 aliphatic heterocycles. The molecular weight excluding hydrogens is 363 g/mol. The van der Waals surface area contributed by atoms with E-state index in [0.29, 0.717) is 12.0 Å². The minimum atomic E-state index is -0.106. The summed E-state index contributed by atoms with van der Waals surface area (Å²) in [6.45, 7) is 0. The third-order valence-electron chi connectivity index (χ3n) is 2.98. The Bertz CT molecular complexity index is 348. The molecule has 1 aliphatic carbocycles. The van der Waals surface area contributed by atoms with E-state index in [0.717, 1.165) is 5.69 Å². The molecule has 0 aromatic heterocycles. The van der Waals surface area contributed by atoms with Gasteiger partial charge in [0.2, 0.25) is 0 Å². The number of para-hydroxylation sites is 1. The molecule has 0 radical (unpaired) electrons. The molecular formula is C13H17Cl2NOPd. The third-order valence-corrected chi connectivity index (χ3v) is 2.98. The van der Waals surface area contributed by atoms with Crippen LogP contribution in [0.15, 0.2) is 35.3 Å². The van der Waals surface area contributed by atoms with Crippen molar-refractivity contribution in [3.63, 3.8) is 0 Å². The second-order valence-corrected chi connectivity index (χ2v) is 6.39. The molecule has 0 heterocycles. The molecule has 2 unspecified atom stereocenters. The molecule has 2 rings (SSSR count). The van der Waals surface area contributed by atoms with E-state index in [-0.39, 0.29) is 15.9 Å². The van der Waals surface area contributed by atoms with Gasteiger partial charge < -0.3 is 4.74 Å². The Morgan fingerprint density at radius 2 is 1.94 bits per heavy atom. The van der Waals surface area contributed by atoms with E-state index >= 15 is 0 Å². The molecule has 1 saturated carbocycles. The number of halogens is 2. The van der Waals surface area contributed by atoms with Crippen molar-refractivity contribution in [2.45, 2.75) is 25.4 Å². The normalized spacial score (nSPS) is 23.1. The van der Waals surface area contributed by atoms with Crippen molar-refractivity contribution < 1.29 is 20.7 Å². The Labute approximate surface area is 125 Å². The van der Waals surface area contributed by atoms with E-state index < -0.39 is 0 Å². The van der Waals surface area contributed by atoms with Crippen LogP contribution >= 0.6 is 19.1 Å². The fraction of sp³-hybridized carbons (Fsp3) is 0.462. The van der Waals surface area contributed by atoms with Gasteiger partial charge in [0.15, 0.2) is 0 Å². The molecule has 104 valence electrons. The van der Waals surface area contributed by atoms with Gasteiger partial charge in [0.05, 0.1) is 11.8 Å². The first-order chi connectivity index (χ1) is 8.81. The molecule has 1 aliphatic rings. The van der Waals surface area contributed by atoms with Gasteiger partial charge in [0, 0.05) is 19.2 Å². The summed E-state index contributed by atoms with van der Waals surface area (Å²) in [6.07, 6.45) is 6.05. The molecule has 1 aromatic rings. The van der Waals surface area contributed by atoms with Gasteiger partial charge in [-0.2, -0.15) is 0 Å². The Morgan fingerprint density at radius 1 is 1.28 bits per heavy atom. The van der Waals surface area contributed by atoms with Crippen LogP contribution < -0.4 is 0 Å². The van der Waals surface area contributed by atoms with Crippen molar-refractivity contribution in [2.75, 3.05) is 7.11 Å². The van der Waals surface area contributed by atoms with Gasteiger partial charge in [-0.3, -0.25) is 4.99 Å². The van der Waals surface area contributed by atoms with Crippen LogP contribution in [0.5, 0.6) is 0 Å². The number of benzene rings is 1. The van der Waals surface area contributed by atoms with Crippen LogP contribution in [0.1, 0.15) is 19.3 Å². The van der Waals surface area contributed by atoms with E-state index in [1.807, 2.05) is 30.3 Å². The summed E-state index contributed by atoms with van der Waals surface area (Å²) >= 11 is -0.106. The Kier molecular flexibility index (Phi) is 8.93.